The standard InChI is InChI=1S/C19H28N4O2/c1-14(2)12-17-18(24)20-8-11-23(17)19(25)21-15-6-5-7-16(13-15)22-9-3-4-10-22/h5-7,13-14,17H,3-4,8-12H2,1-2H3,(H,20,24)(H,21,25)/t17-/m1/s1. The van der Waals surface area contributed by atoms with Crippen molar-refractivity contribution in [3.63, 3.8) is 0 Å². The molecule has 136 valence electrons. The number of hydrogen-bond donors (Lipinski definition) is 2. The molecule has 1 aromatic carbocycles. The maximum absolute atomic E-state index is 12.8. The van der Waals surface area contributed by atoms with Crippen LogP contribution in [0.1, 0.15) is 33.1 Å². The molecule has 0 unspecified atom stereocenters. The highest BCUT2D eigenvalue weighted by molar-refractivity contribution is 5.94. The number of anilines is 2. The van der Waals surface area contributed by atoms with Gasteiger partial charge in [-0.05, 0) is 43.4 Å². The summed E-state index contributed by atoms with van der Waals surface area (Å²) in [6.45, 7) is 7.32. The predicted octanol–water partition coefficient (Wildman–Crippen LogP) is 2.67. The first kappa shape index (κ1) is 17.6. The van der Waals surface area contributed by atoms with Crippen molar-refractivity contribution in [2.45, 2.75) is 39.2 Å². The average Bonchev–Trinajstić information content (AvgIpc) is 3.11. The maximum Gasteiger partial charge on any atom is 0.322 e. The van der Waals surface area contributed by atoms with E-state index in [1.54, 1.807) is 4.90 Å². The molecule has 0 radical (unpaired) electrons. The summed E-state index contributed by atoms with van der Waals surface area (Å²) in [6, 6.07) is 7.38. The Hall–Kier alpha value is -2.24. The van der Waals surface area contributed by atoms with E-state index in [0.717, 1.165) is 24.5 Å². The number of carbonyl (C=O) groups is 2. The van der Waals surface area contributed by atoms with Crippen LogP contribution in [0.5, 0.6) is 0 Å². The smallest absolute Gasteiger partial charge is 0.322 e. The summed E-state index contributed by atoms with van der Waals surface area (Å²) >= 11 is 0. The highest BCUT2D eigenvalue weighted by Crippen LogP contribution is 2.24. The van der Waals surface area contributed by atoms with Gasteiger partial charge in [-0.25, -0.2) is 4.79 Å². The lowest BCUT2D eigenvalue weighted by molar-refractivity contribution is -0.128. The van der Waals surface area contributed by atoms with Gasteiger partial charge in [0.25, 0.3) is 0 Å². The third kappa shape index (κ3) is 4.24. The zero-order valence-electron chi connectivity index (χ0n) is 15.1. The molecule has 3 rings (SSSR count). The molecular formula is C19H28N4O2. The topological polar surface area (TPSA) is 64.7 Å². The average molecular weight is 344 g/mol. The van der Waals surface area contributed by atoms with Crippen LogP contribution in [0.4, 0.5) is 16.2 Å². The highest BCUT2D eigenvalue weighted by atomic mass is 16.2. The molecular weight excluding hydrogens is 316 g/mol. The second kappa shape index (κ2) is 7.76. The summed E-state index contributed by atoms with van der Waals surface area (Å²) < 4.78 is 0. The van der Waals surface area contributed by atoms with E-state index in [0.29, 0.717) is 25.4 Å². The van der Waals surface area contributed by atoms with E-state index in [1.165, 1.54) is 12.8 Å². The summed E-state index contributed by atoms with van der Waals surface area (Å²) in [5.41, 5.74) is 1.93. The number of rotatable bonds is 4. The van der Waals surface area contributed by atoms with Crippen molar-refractivity contribution >= 4 is 23.3 Å². The summed E-state index contributed by atoms with van der Waals surface area (Å²) in [5.74, 6) is 0.295. The van der Waals surface area contributed by atoms with E-state index in [4.69, 9.17) is 0 Å². The Morgan fingerprint density at radius 1 is 1.28 bits per heavy atom. The Balaban J connectivity index is 1.70. The van der Waals surface area contributed by atoms with Gasteiger partial charge in [0, 0.05) is 37.6 Å². The number of hydrogen-bond acceptors (Lipinski definition) is 3. The van der Waals surface area contributed by atoms with Gasteiger partial charge >= 0.3 is 6.03 Å². The molecule has 3 amide bonds. The predicted molar refractivity (Wildman–Crippen MR) is 99.9 cm³/mol. The van der Waals surface area contributed by atoms with Crippen molar-refractivity contribution < 1.29 is 9.59 Å². The third-order valence-electron chi connectivity index (χ3n) is 4.85. The van der Waals surface area contributed by atoms with Gasteiger partial charge in [-0.2, -0.15) is 0 Å². The van der Waals surface area contributed by atoms with Crippen LogP contribution in [0.15, 0.2) is 24.3 Å². The van der Waals surface area contributed by atoms with Gasteiger partial charge in [-0.1, -0.05) is 19.9 Å². The van der Waals surface area contributed by atoms with Crippen LogP contribution in [0.3, 0.4) is 0 Å². The number of benzene rings is 1. The van der Waals surface area contributed by atoms with Crippen molar-refractivity contribution in [2.24, 2.45) is 5.92 Å². The minimum absolute atomic E-state index is 0.0547. The van der Waals surface area contributed by atoms with Crippen LogP contribution in [0.25, 0.3) is 0 Å². The third-order valence-corrected chi connectivity index (χ3v) is 4.85. The molecule has 25 heavy (non-hydrogen) atoms. The number of urea groups is 1. The number of nitrogens with one attached hydrogen (secondary N) is 2. The van der Waals surface area contributed by atoms with Gasteiger partial charge in [-0.3, -0.25) is 4.79 Å². The van der Waals surface area contributed by atoms with Crippen LogP contribution in [0, 0.1) is 5.92 Å². The fraction of sp³-hybridized carbons (Fsp3) is 0.579. The molecule has 0 spiro atoms. The van der Waals surface area contributed by atoms with E-state index in [1.807, 2.05) is 18.2 Å². The second-order valence-corrected chi connectivity index (χ2v) is 7.30. The van der Waals surface area contributed by atoms with Crippen LogP contribution >= 0.6 is 0 Å². The molecule has 2 fully saturated rings. The fourth-order valence-electron chi connectivity index (χ4n) is 3.59. The van der Waals surface area contributed by atoms with Gasteiger partial charge in [0.15, 0.2) is 0 Å². The van der Waals surface area contributed by atoms with E-state index in [-0.39, 0.29) is 11.9 Å². The number of carbonyl (C=O) groups excluding carboxylic acids is 2. The molecule has 0 bridgehead atoms. The molecule has 0 aliphatic carbocycles. The quantitative estimate of drug-likeness (QED) is 0.883. The molecule has 2 aliphatic heterocycles. The summed E-state index contributed by atoms with van der Waals surface area (Å²) in [7, 11) is 0. The van der Waals surface area contributed by atoms with Crippen molar-refractivity contribution in [3.8, 4) is 0 Å². The second-order valence-electron chi connectivity index (χ2n) is 7.30. The molecule has 1 aromatic rings. The van der Waals surface area contributed by atoms with Gasteiger partial charge in [0.05, 0.1) is 0 Å². The first-order valence-electron chi connectivity index (χ1n) is 9.25. The van der Waals surface area contributed by atoms with E-state index in [9.17, 15) is 9.59 Å². The SMILES string of the molecule is CC(C)C[C@@H]1C(=O)NCCN1C(=O)Nc1cccc(N2CCCC2)c1. The molecule has 2 aliphatic rings. The van der Waals surface area contributed by atoms with Crippen molar-refractivity contribution in [1.82, 2.24) is 10.2 Å². The van der Waals surface area contributed by atoms with Crippen molar-refractivity contribution in [1.29, 1.82) is 0 Å². The van der Waals surface area contributed by atoms with Crippen molar-refractivity contribution in [3.05, 3.63) is 24.3 Å². The Kier molecular flexibility index (Phi) is 5.46. The first-order chi connectivity index (χ1) is 12.0. The first-order valence-corrected chi connectivity index (χ1v) is 9.25. The molecule has 2 heterocycles. The zero-order valence-corrected chi connectivity index (χ0v) is 15.1. The number of nitrogens with zero attached hydrogens (tertiary/aromatic N) is 2. The lowest BCUT2D eigenvalue weighted by Crippen LogP contribution is -2.58. The Morgan fingerprint density at radius 2 is 2.04 bits per heavy atom. The highest BCUT2D eigenvalue weighted by Gasteiger charge is 2.33. The van der Waals surface area contributed by atoms with E-state index in [2.05, 4.69) is 35.4 Å². The minimum atomic E-state index is -0.393. The van der Waals surface area contributed by atoms with Gasteiger partial charge in [0.1, 0.15) is 6.04 Å². The van der Waals surface area contributed by atoms with Gasteiger partial charge in [0.2, 0.25) is 5.91 Å². The normalized spacial score (nSPS) is 20.8. The molecule has 2 saturated heterocycles. The van der Waals surface area contributed by atoms with Crippen LogP contribution in [-0.2, 0) is 4.79 Å². The van der Waals surface area contributed by atoms with E-state index >= 15 is 0 Å². The zero-order chi connectivity index (χ0) is 17.8. The minimum Gasteiger partial charge on any atom is -0.371 e. The molecule has 0 aromatic heterocycles. The van der Waals surface area contributed by atoms with Gasteiger partial charge < -0.3 is 20.4 Å². The number of piperazine rings is 1. The molecule has 2 N–H and O–H groups in total. The van der Waals surface area contributed by atoms with Crippen molar-refractivity contribution in [2.75, 3.05) is 36.4 Å². The maximum atomic E-state index is 12.8. The van der Waals surface area contributed by atoms with Crippen LogP contribution < -0.4 is 15.5 Å². The molecule has 0 saturated carbocycles. The fourth-order valence-corrected chi connectivity index (χ4v) is 3.59. The molecule has 6 nitrogen and oxygen atoms in total. The van der Waals surface area contributed by atoms with Crippen LogP contribution in [-0.4, -0.2) is 49.1 Å². The van der Waals surface area contributed by atoms with E-state index < -0.39 is 6.04 Å². The Bertz CT molecular complexity index is 626. The Labute approximate surface area is 149 Å². The summed E-state index contributed by atoms with van der Waals surface area (Å²) in [5, 5.41) is 5.84. The summed E-state index contributed by atoms with van der Waals surface area (Å²) in [4.78, 5) is 29.0. The number of amides is 3. The lowest BCUT2D eigenvalue weighted by Gasteiger charge is -2.35. The van der Waals surface area contributed by atoms with Gasteiger partial charge in [-0.15, -0.1) is 0 Å². The molecule has 6 heteroatoms. The Morgan fingerprint density at radius 3 is 2.76 bits per heavy atom. The van der Waals surface area contributed by atoms with Crippen LogP contribution in [0.2, 0.25) is 0 Å². The largest absolute Gasteiger partial charge is 0.371 e. The monoisotopic (exact) mass is 344 g/mol. The molecule has 1 atom stereocenters. The summed E-state index contributed by atoms with van der Waals surface area (Å²) in [6.07, 6.45) is 3.11. The lowest BCUT2D eigenvalue weighted by atomic mass is 10.0.